The maximum Gasteiger partial charge on any atom is 0.573 e. The number of hydrogen-bond donors (Lipinski definition) is 1. The molecule has 3 aromatic carbocycles. The third kappa shape index (κ3) is 7.15. The number of amides is 3. The number of urea groups is 1. The minimum atomic E-state index is -4.79. The number of aryl methyl sites for hydroxylation is 1. The number of carbonyl (C=O) groups excluding carboxylic acids is 2. The minimum absolute atomic E-state index is 0.137. The van der Waals surface area contributed by atoms with Gasteiger partial charge < -0.3 is 10.1 Å². The van der Waals surface area contributed by atoms with E-state index in [1.165, 1.54) is 40.2 Å². The van der Waals surface area contributed by atoms with Crippen LogP contribution >= 0.6 is 11.8 Å². The molecule has 1 saturated heterocycles. The van der Waals surface area contributed by atoms with Crippen molar-refractivity contribution in [1.29, 1.82) is 5.26 Å². The van der Waals surface area contributed by atoms with Crippen molar-refractivity contribution in [1.82, 2.24) is 20.1 Å². The molecule has 10 nitrogen and oxygen atoms in total. The van der Waals surface area contributed by atoms with E-state index in [1.807, 2.05) is 39.0 Å². The van der Waals surface area contributed by atoms with Crippen LogP contribution in [0.2, 0.25) is 0 Å². The summed E-state index contributed by atoms with van der Waals surface area (Å²) in [6.45, 7) is 6.04. The van der Waals surface area contributed by atoms with Crippen LogP contribution in [0, 0.1) is 18.3 Å². The maximum atomic E-state index is 12.9. The molecule has 1 aromatic heterocycles. The van der Waals surface area contributed by atoms with Crippen molar-refractivity contribution >= 4 is 34.6 Å². The molecule has 1 aliphatic heterocycles. The number of ether oxygens (including phenoxy) is 1. The van der Waals surface area contributed by atoms with Crippen LogP contribution in [0.5, 0.6) is 5.75 Å². The third-order valence-corrected chi connectivity index (χ3v) is 7.73. The van der Waals surface area contributed by atoms with Crippen molar-refractivity contribution in [3.63, 3.8) is 0 Å². The number of nitriles is 1. The van der Waals surface area contributed by atoms with Crippen molar-refractivity contribution in [2.75, 3.05) is 10.7 Å². The van der Waals surface area contributed by atoms with Gasteiger partial charge in [-0.2, -0.15) is 10.3 Å². The molecule has 0 spiro atoms. The van der Waals surface area contributed by atoms with Crippen LogP contribution in [0.1, 0.15) is 42.5 Å². The number of aromatic nitrogens is 3. The van der Waals surface area contributed by atoms with Crippen LogP contribution in [0.15, 0.2) is 78.0 Å². The van der Waals surface area contributed by atoms with Crippen LogP contribution in [0.25, 0.3) is 17.1 Å². The Kier molecular flexibility index (Phi) is 8.92. The highest BCUT2D eigenvalue weighted by Gasteiger charge is 2.33. The van der Waals surface area contributed by atoms with Crippen LogP contribution in [-0.4, -0.2) is 44.0 Å². The first-order chi connectivity index (χ1) is 21.4. The lowest BCUT2D eigenvalue weighted by molar-refractivity contribution is -0.274. The number of alkyl halides is 3. The minimum Gasteiger partial charge on any atom is -0.406 e. The predicted octanol–water partition coefficient (Wildman–Crippen LogP) is 6.68. The van der Waals surface area contributed by atoms with E-state index in [0.717, 1.165) is 22.9 Å². The van der Waals surface area contributed by atoms with Crippen LogP contribution < -0.4 is 15.0 Å². The zero-order valence-corrected chi connectivity index (χ0v) is 25.1. The lowest BCUT2D eigenvalue weighted by atomic mass is 9.95. The topological polar surface area (TPSA) is 126 Å². The normalized spacial score (nSPS) is 14.9. The van der Waals surface area contributed by atoms with Gasteiger partial charge in [0.2, 0.25) is 5.91 Å². The fourth-order valence-corrected chi connectivity index (χ4v) is 5.73. The summed E-state index contributed by atoms with van der Waals surface area (Å²) >= 11 is 1.16. The number of nitrogens with one attached hydrogen (secondary N) is 1. The fourth-order valence-electron chi connectivity index (χ4n) is 4.87. The zero-order valence-electron chi connectivity index (χ0n) is 24.2. The number of rotatable bonds is 7. The lowest BCUT2D eigenvalue weighted by Crippen LogP contribution is -2.33. The number of hydrogen-bond acceptors (Lipinski definition) is 7. The maximum absolute atomic E-state index is 12.9. The Morgan fingerprint density at radius 1 is 1.11 bits per heavy atom. The summed E-state index contributed by atoms with van der Waals surface area (Å²) in [5, 5.41) is 17.0. The second-order valence-electron chi connectivity index (χ2n) is 10.3. The molecule has 0 radical (unpaired) electrons. The second kappa shape index (κ2) is 12.8. The molecule has 1 atom stereocenters. The Labute approximate surface area is 260 Å². The molecule has 0 saturated carbocycles. The standard InChI is InChI=1S/C31H26F3N7O3S/c1-18(2)27-19(3)5-4-6-25(27)41-26(42)16-45-30(41)38-29(43)37-24(15-35)20-7-9-21(10-8-20)28-36-17-40(39-28)22-11-13-23(14-12-22)44-31(32,33)34/h4-14,17-18,24H,16H2,1-3H3,(H,37,43). The zero-order chi connectivity index (χ0) is 32.3. The first-order valence-electron chi connectivity index (χ1n) is 13.7. The largest absolute Gasteiger partial charge is 0.573 e. The molecule has 3 amide bonds. The summed E-state index contributed by atoms with van der Waals surface area (Å²) in [6, 6.07) is 17.7. The van der Waals surface area contributed by atoms with E-state index in [4.69, 9.17) is 0 Å². The van der Waals surface area contributed by atoms with Crippen molar-refractivity contribution in [3.8, 4) is 28.9 Å². The Bertz CT molecular complexity index is 1800. The molecule has 4 aromatic rings. The summed E-state index contributed by atoms with van der Waals surface area (Å²) in [5.41, 5.74) is 4.26. The number of benzene rings is 3. The molecule has 5 rings (SSSR count). The Hall–Kier alpha value is -5.16. The van der Waals surface area contributed by atoms with E-state index in [-0.39, 0.29) is 28.5 Å². The number of amidine groups is 1. The summed E-state index contributed by atoms with van der Waals surface area (Å²) in [7, 11) is 0. The van der Waals surface area contributed by atoms with Gasteiger partial charge in [-0.1, -0.05) is 62.0 Å². The number of aliphatic imine (C=N–C) groups is 1. The molecule has 45 heavy (non-hydrogen) atoms. The van der Waals surface area contributed by atoms with Gasteiger partial charge in [0.1, 0.15) is 18.1 Å². The molecule has 1 N–H and O–H groups in total. The summed E-state index contributed by atoms with van der Waals surface area (Å²) in [5.74, 6) is 0.0726. The highest BCUT2D eigenvalue weighted by Crippen LogP contribution is 2.35. The fraction of sp³-hybridized carbons (Fsp3) is 0.226. The van der Waals surface area contributed by atoms with Gasteiger partial charge >= 0.3 is 12.4 Å². The molecule has 230 valence electrons. The van der Waals surface area contributed by atoms with Crippen LogP contribution in [0.4, 0.5) is 23.7 Å². The van der Waals surface area contributed by atoms with Gasteiger partial charge in [-0.15, -0.1) is 18.3 Å². The molecule has 1 unspecified atom stereocenters. The monoisotopic (exact) mass is 633 g/mol. The van der Waals surface area contributed by atoms with E-state index < -0.39 is 18.4 Å². The van der Waals surface area contributed by atoms with Gasteiger partial charge in [0.05, 0.1) is 23.2 Å². The smallest absolute Gasteiger partial charge is 0.406 e. The lowest BCUT2D eigenvalue weighted by Gasteiger charge is -2.23. The van der Waals surface area contributed by atoms with Crippen molar-refractivity contribution < 1.29 is 27.5 Å². The summed E-state index contributed by atoms with van der Waals surface area (Å²) in [6.07, 6.45) is -3.37. The van der Waals surface area contributed by atoms with Crippen LogP contribution in [-0.2, 0) is 4.79 Å². The Morgan fingerprint density at radius 3 is 2.47 bits per heavy atom. The van der Waals surface area contributed by atoms with Gasteiger partial charge in [-0.05, 0) is 59.9 Å². The molecular formula is C31H26F3N7O3S. The molecule has 14 heteroatoms. The van der Waals surface area contributed by atoms with Crippen molar-refractivity contribution in [2.45, 2.75) is 39.1 Å². The number of anilines is 1. The van der Waals surface area contributed by atoms with Gasteiger partial charge in [0.15, 0.2) is 11.0 Å². The Morgan fingerprint density at radius 2 is 1.82 bits per heavy atom. The van der Waals surface area contributed by atoms with Gasteiger partial charge in [0, 0.05) is 5.56 Å². The molecule has 0 aliphatic carbocycles. The predicted molar refractivity (Wildman–Crippen MR) is 163 cm³/mol. The second-order valence-corrected chi connectivity index (χ2v) is 11.2. The molecule has 0 bridgehead atoms. The summed E-state index contributed by atoms with van der Waals surface area (Å²) in [4.78, 5) is 35.6. The molecular weight excluding hydrogens is 607 g/mol. The molecule has 1 aliphatic rings. The average molecular weight is 634 g/mol. The third-order valence-electron chi connectivity index (χ3n) is 6.81. The number of nitrogens with zero attached hydrogens (tertiary/aromatic N) is 6. The van der Waals surface area contributed by atoms with Crippen molar-refractivity contribution in [2.24, 2.45) is 4.99 Å². The highest BCUT2D eigenvalue weighted by atomic mass is 32.2. The average Bonchev–Trinajstić information content (AvgIpc) is 3.62. The van der Waals surface area contributed by atoms with Gasteiger partial charge in [-0.25, -0.2) is 14.5 Å². The quantitative estimate of drug-likeness (QED) is 0.241. The van der Waals surface area contributed by atoms with Crippen LogP contribution in [0.3, 0.4) is 0 Å². The van der Waals surface area contributed by atoms with E-state index >= 15 is 0 Å². The van der Waals surface area contributed by atoms with E-state index in [1.54, 1.807) is 24.3 Å². The van der Waals surface area contributed by atoms with E-state index in [9.17, 15) is 28.0 Å². The van der Waals surface area contributed by atoms with E-state index in [2.05, 4.69) is 31.2 Å². The summed E-state index contributed by atoms with van der Waals surface area (Å²) < 4.78 is 42.6. The number of carbonyl (C=O) groups is 2. The SMILES string of the molecule is Cc1cccc(N2C(=O)CSC2=NC(=O)NC(C#N)c2ccc(-c3ncn(-c4ccc(OC(F)(F)F)cc4)n3)cc2)c1C(C)C. The van der Waals surface area contributed by atoms with Gasteiger partial charge in [0.25, 0.3) is 0 Å². The Balaban J connectivity index is 1.28. The number of halogens is 3. The molecule has 1 fully saturated rings. The molecule has 2 heterocycles. The van der Waals surface area contributed by atoms with E-state index in [0.29, 0.717) is 28.3 Å². The number of thioether (sulfide) groups is 1. The first-order valence-corrected chi connectivity index (χ1v) is 14.6. The highest BCUT2D eigenvalue weighted by molar-refractivity contribution is 8.15. The van der Waals surface area contributed by atoms with Crippen molar-refractivity contribution in [3.05, 3.63) is 89.7 Å². The van der Waals surface area contributed by atoms with Gasteiger partial charge in [-0.3, -0.25) is 9.69 Å². The first kappa shape index (κ1) is 31.3.